The molecule has 0 spiro atoms. The summed E-state index contributed by atoms with van der Waals surface area (Å²) >= 11 is 0. The molecule has 0 unspecified atom stereocenters. The summed E-state index contributed by atoms with van der Waals surface area (Å²) in [5, 5.41) is 1.15. The number of aromatic nitrogens is 3. The van der Waals surface area contributed by atoms with E-state index < -0.39 is 5.41 Å². The standard InChI is InChI=1S/C43H29N3/c1-5-15-30(16-6-1)38-29-39(31-17-7-2-8-18-31)45-42(44-38)46-28-27-32-25-26-37-40(41(32)46)35-23-13-14-24-36(35)43(37,33-19-9-3-10-20-33)34-21-11-4-12-22-34/h1-29H. The van der Waals surface area contributed by atoms with Gasteiger partial charge in [0.25, 0.3) is 0 Å². The zero-order valence-electron chi connectivity index (χ0n) is 25.1. The van der Waals surface area contributed by atoms with Gasteiger partial charge in [-0.3, -0.25) is 4.57 Å². The van der Waals surface area contributed by atoms with Crippen LogP contribution in [0, 0.1) is 0 Å². The molecule has 0 amide bonds. The Kier molecular flexibility index (Phi) is 6.04. The maximum Gasteiger partial charge on any atom is 0.235 e. The molecule has 46 heavy (non-hydrogen) atoms. The van der Waals surface area contributed by atoms with E-state index in [9.17, 15) is 0 Å². The van der Waals surface area contributed by atoms with E-state index in [2.05, 4.69) is 168 Å². The van der Waals surface area contributed by atoms with Crippen LogP contribution in [0.3, 0.4) is 0 Å². The van der Waals surface area contributed by atoms with Crippen LogP contribution in [-0.4, -0.2) is 14.5 Å². The molecule has 0 saturated heterocycles. The molecule has 0 N–H and O–H groups in total. The minimum atomic E-state index is -0.473. The maximum atomic E-state index is 5.21. The minimum absolute atomic E-state index is 0.473. The lowest BCUT2D eigenvalue weighted by Gasteiger charge is -2.33. The smallest absolute Gasteiger partial charge is 0.235 e. The third kappa shape index (κ3) is 3.92. The summed E-state index contributed by atoms with van der Waals surface area (Å²) in [4.78, 5) is 10.4. The van der Waals surface area contributed by atoms with Crippen LogP contribution in [0.15, 0.2) is 176 Å². The van der Waals surface area contributed by atoms with Gasteiger partial charge in [-0.25, -0.2) is 9.97 Å². The monoisotopic (exact) mass is 587 g/mol. The Morgan fingerprint density at radius 3 is 1.57 bits per heavy atom. The lowest BCUT2D eigenvalue weighted by Crippen LogP contribution is -2.28. The molecule has 0 aliphatic heterocycles. The summed E-state index contributed by atoms with van der Waals surface area (Å²) < 4.78 is 2.19. The first-order valence-electron chi connectivity index (χ1n) is 15.7. The first-order chi connectivity index (χ1) is 22.8. The fourth-order valence-corrected chi connectivity index (χ4v) is 7.38. The number of hydrogen-bond acceptors (Lipinski definition) is 2. The van der Waals surface area contributed by atoms with Gasteiger partial charge in [0, 0.05) is 28.3 Å². The van der Waals surface area contributed by atoms with Crippen molar-refractivity contribution in [2.45, 2.75) is 5.41 Å². The molecule has 0 fully saturated rings. The molecule has 1 aliphatic rings. The Morgan fingerprint density at radius 1 is 0.457 bits per heavy atom. The van der Waals surface area contributed by atoms with Gasteiger partial charge in [0.1, 0.15) is 0 Å². The molecule has 9 rings (SSSR count). The van der Waals surface area contributed by atoms with Crippen LogP contribution < -0.4 is 0 Å². The zero-order valence-corrected chi connectivity index (χ0v) is 25.1. The van der Waals surface area contributed by atoms with E-state index in [1.807, 2.05) is 12.1 Å². The van der Waals surface area contributed by atoms with Gasteiger partial charge in [-0.15, -0.1) is 0 Å². The molecule has 6 aromatic carbocycles. The molecule has 2 aromatic heterocycles. The van der Waals surface area contributed by atoms with E-state index in [4.69, 9.17) is 9.97 Å². The van der Waals surface area contributed by atoms with Gasteiger partial charge in [0.15, 0.2) is 0 Å². The van der Waals surface area contributed by atoms with Gasteiger partial charge in [-0.2, -0.15) is 0 Å². The predicted molar refractivity (Wildman–Crippen MR) is 187 cm³/mol. The number of hydrogen-bond donors (Lipinski definition) is 0. The van der Waals surface area contributed by atoms with E-state index in [1.54, 1.807) is 0 Å². The fraction of sp³-hybridized carbons (Fsp3) is 0.0233. The molecular weight excluding hydrogens is 558 g/mol. The van der Waals surface area contributed by atoms with E-state index in [0.717, 1.165) is 33.4 Å². The van der Waals surface area contributed by atoms with Crippen LogP contribution in [0.2, 0.25) is 0 Å². The van der Waals surface area contributed by atoms with Crippen LogP contribution in [-0.2, 0) is 5.41 Å². The van der Waals surface area contributed by atoms with E-state index in [1.165, 1.54) is 33.4 Å². The molecule has 3 heteroatoms. The summed E-state index contributed by atoms with van der Waals surface area (Å²) in [6.07, 6.45) is 2.12. The molecule has 2 heterocycles. The minimum Gasteiger partial charge on any atom is -0.285 e. The first-order valence-corrected chi connectivity index (χ1v) is 15.7. The highest BCUT2D eigenvalue weighted by Gasteiger charge is 2.47. The Hall–Kier alpha value is -6.06. The second-order valence-electron chi connectivity index (χ2n) is 11.8. The van der Waals surface area contributed by atoms with E-state index >= 15 is 0 Å². The van der Waals surface area contributed by atoms with Crippen LogP contribution in [0.5, 0.6) is 0 Å². The molecule has 0 atom stereocenters. The number of benzene rings is 6. The van der Waals surface area contributed by atoms with Crippen molar-refractivity contribution in [1.29, 1.82) is 0 Å². The van der Waals surface area contributed by atoms with Gasteiger partial charge >= 0.3 is 0 Å². The van der Waals surface area contributed by atoms with Crippen LogP contribution in [0.4, 0.5) is 0 Å². The summed E-state index contributed by atoms with van der Waals surface area (Å²) in [5.74, 6) is 0.651. The highest BCUT2D eigenvalue weighted by Crippen LogP contribution is 2.57. The van der Waals surface area contributed by atoms with Crippen molar-refractivity contribution < 1.29 is 0 Å². The van der Waals surface area contributed by atoms with Crippen molar-refractivity contribution in [3.63, 3.8) is 0 Å². The topological polar surface area (TPSA) is 30.7 Å². The molecule has 0 saturated carbocycles. The Morgan fingerprint density at radius 2 is 0.978 bits per heavy atom. The average Bonchev–Trinajstić information content (AvgIpc) is 3.71. The lowest BCUT2D eigenvalue weighted by atomic mass is 9.68. The molecule has 8 aromatic rings. The second kappa shape index (κ2) is 10.5. The third-order valence-corrected chi connectivity index (χ3v) is 9.34. The van der Waals surface area contributed by atoms with Gasteiger partial charge in [0.05, 0.1) is 22.3 Å². The normalized spacial score (nSPS) is 13.0. The van der Waals surface area contributed by atoms with E-state index in [0.29, 0.717) is 5.95 Å². The van der Waals surface area contributed by atoms with Gasteiger partial charge in [-0.1, -0.05) is 158 Å². The van der Waals surface area contributed by atoms with Crippen molar-refractivity contribution in [3.05, 3.63) is 198 Å². The third-order valence-electron chi connectivity index (χ3n) is 9.34. The van der Waals surface area contributed by atoms with Gasteiger partial charge < -0.3 is 0 Å². The van der Waals surface area contributed by atoms with E-state index in [-0.39, 0.29) is 0 Å². The van der Waals surface area contributed by atoms with Crippen LogP contribution >= 0.6 is 0 Å². The van der Waals surface area contributed by atoms with Crippen molar-refractivity contribution >= 4 is 10.9 Å². The van der Waals surface area contributed by atoms with Crippen molar-refractivity contribution in [2.75, 3.05) is 0 Å². The summed E-state index contributed by atoms with van der Waals surface area (Å²) in [7, 11) is 0. The average molecular weight is 588 g/mol. The van der Waals surface area contributed by atoms with Gasteiger partial charge in [-0.05, 0) is 39.9 Å². The zero-order chi connectivity index (χ0) is 30.5. The largest absolute Gasteiger partial charge is 0.285 e. The lowest BCUT2D eigenvalue weighted by molar-refractivity contribution is 0.769. The highest BCUT2D eigenvalue weighted by atomic mass is 15.2. The quantitative estimate of drug-likeness (QED) is 0.201. The maximum absolute atomic E-state index is 5.21. The highest BCUT2D eigenvalue weighted by molar-refractivity contribution is 6.03. The predicted octanol–water partition coefficient (Wildman–Crippen LogP) is 10.1. The fourth-order valence-electron chi connectivity index (χ4n) is 7.38. The molecule has 3 nitrogen and oxygen atoms in total. The number of fused-ring (bicyclic) bond motifs is 5. The summed E-state index contributed by atoms with van der Waals surface area (Å²) in [6.45, 7) is 0. The molecule has 216 valence electrons. The Balaban J connectivity index is 1.37. The van der Waals surface area contributed by atoms with Crippen molar-refractivity contribution in [3.8, 4) is 39.6 Å². The molecule has 1 aliphatic carbocycles. The summed E-state index contributed by atoms with van der Waals surface area (Å²) in [6, 6.07) is 60.3. The van der Waals surface area contributed by atoms with Crippen molar-refractivity contribution in [2.24, 2.45) is 0 Å². The molecule has 0 radical (unpaired) electrons. The van der Waals surface area contributed by atoms with Crippen LogP contribution in [0.1, 0.15) is 22.3 Å². The number of rotatable bonds is 5. The van der Waals surface area contributed by atoms with Gasteiger partial charge in [0.2, 0.25) is 5.95 Å². The van der Waals surface area contributed by atoms with Crippen LogP contribution in [0.25, 0.3) is 50.5 Å². The molecule has 0 bridgehead atoms. The molecular formula is C43H29N3. The Labute approximate surface area is 268 Å². The Bertz CT molecular complexity index is 2240. The van der Waals surface area contributed by atoms with Crippen molar-refractivity contribution in [1.82, 2.24) is 14.5 Å². The number of nitrogens with zero attached hydrogens (tertiary/aromatic N) is 3. The SMILES string of the molecule is c1ccc(-c2cc(-c3ccccc3)nc(-n3ccc4ccc5c(c43)-c3ccccc3C5(c3ccccc3)c3ccccc3)n2)cc1. The first kappa shape index (κ1) is 26.4. The second-order valence-corrected chi connectivity index (χ2v) is 11.8. The summed E-state index contributed by atoms with van der Waals surface area (Å²) in [5.41, 5.74) is 12.0.